The molecule has 8 heteroatoms. The Labute approximate surface area is 160 Å². The second-order valence-corrected chi connectivity index (χ2v) is 6.68. The third kappa shape index (κ3) is 6.97. The molecule has 0 saturated heterocycles. The van der Waals surface area contributed by atoms with E-state index in [1.165, 1.54) is 4.90 Å². The highest BCUT2D eigenvalue weighted by Crippen LogP contribution is 2.20. The van der Waals surface area contributed by atoms with Crippen LogP contribution >= 0.6 is 0 Å². The largest absolute Gasteiger partial charge is 0.462 e. The van der Waals surface area contributed by atoms with Crippen molar-refractivity contribution in [3.05, 3.63) is 22.5 Å². The van der Waals surface area contributed by atoms with Crippen molar-refractivity contribution in [1.82, 2.24) is 9.88 Å². The Balaban J connectivity index is 2.61. The van der Waals surface area contributed by atoms with Crippen LogP contribution in [-0.2, 0) is 14.2 Å². The Morgan fingerprint density at radius 2 is 1.89 bits per heavy atom. The fourth-order valence-electron chi connectivity index (χ4n) is 2.68. The summed E-state index contributed by atoms with van der Waals surface area (Å²) >= 11 is 0. The SMILES string of the molecule is CCOC(=O)c1c(C)[nH]c(C(=O)N(C)C[C@H](O)COCCOC(C)C)c1C. The highest BCUT2D eigenvalue weighted by molar-refractivity contribution is 6.00. The zero-order chi connectivity index (χ0) is 20.6. The third-order valence-electron chi connectivity index (χ3n) is 3.95. The second-order valence-electron chi connectivity index (χ2n) is 6.68. The Hall–Kier alpha value is -1.90. The average molecular weight is 384 g/mol. The number of nitrogens with zero attached hydrogens (tertiary/aromatic N) is 1. The third-order valence-corrected chi connectivity index (χ3v) is 3.95. The van der Waals surface area contributed by atoms with Crippen LogP contribution in [0.15, 0.2) is 0 Å². The van der Waals surface area contributed by atoms with Gasteiger partial charge in [-0.2, -0.15) is 0 Å². The lowest BCUT2D eigenvalue weighted by molar-refractivity contribution is -0.0160. The lowest BCUT2D eigenvalue weighted by Gasteiger charge is -2.21. The van der Waals surface area contributed by atoms with E-state index >= 15 is 0 Å². The molecule has 1 heterocycles. The van der Waals surface area contributed by atoms with E-state index in [2.05, 4.69) is 4.98 Å². The first-order valence-electron chi connectivity index (χ1n) is 9.18. The molecule has 1 aromatic rings. The van der Waals surface area contributed by atoms with Gasteiger partial charge in [0.15, 0.2) is 0 Å². The molecule has 0 unspecified atom stereocenters. The van der Waals surface area contributed by atoms with Gasteiger partial charge >= 0.3 is 5.97 Å². The first-order valence-corrected chi connectivity index (χ1v) is 9.18. The highest BCUT2D eigenvalue weighted by atomic mass is 16.5. The minimum atomic E-state index is -0.820. The van der Waals surface area contributed by atoms with Gasteiger partial charge in [-0.05, 0) is 40.2 Å². The van der Waals surface area contributed by atoms with Crippen LogP contribution in [0.4, 0.5) is 0 Å². The predicted molar refractivity (Wildman–Crippen MR) is 101 cm³/mol. The molecule has 27 heavy (non-hydrogen) atoms. The van der Waals surface area contributed by atoms with Gasteiger partial charge in [0.2, 0.25) is 0 Å². The smallest absolute Gasteiger partial charge is 0.340 e. The summed E-state index contributed by atoms with van der Waals surface area (Å²) < 4.78 is 15.7. The molecule has 1 amide bonds. The van der Waals surface area contributed by atoms with Gasteiger partial charge in [-0.15, -0.1) is 0 Å². The Bertz CT molecular complexity index is 626. The zero-order valence-corrected chi connectivity index (χ0v) is 17.1. The number of hydrogen-bond donors (Lipinski definition) is 2. The van der Waals surface area contributed by atoms with Crippen molar-refractivity contribution in [3.8, 4) is 0 Å². The predicted octanol–water partition coefficient (Wildman–Crippen LogP) is 1.68. The number of aliphatic hydroxyl groups excluding tert-OH is 1. The minimum Gasteiger partial charge on any atom is -0.462 e. The molecule has 0 aliphatic carbocycles. The van der Waals surface area contributed by atoms with E-state index in [1.807, 2.05) is 13.8 Å². The molecule has 0 aromatic carbocycles. The molecule has 0 fully saturated rings. The lowest BCUT2D eigenvalue weighted by Crippen LogP contribution is -2.37. The number of aromatic nitrogens is 1. The van der Waals surface area contributed by atoms with E-state index in [1.54, 1.807) is 27.8 Å². The quantitative estimate of drug-likeness (QED) is 0.445. The standard InChI is InChI=1S/C19H32N2O6/c1-7-26-19(24)16-13(4)17(20-14(16)5)18(23)21(6)10-15(22)11-25-8-9-27-12(2)3/h12,15,20,22H,7-11H2,1-6H3/t15-/m0/s1. The molecule has 1 atom stereocenters. The van der Waals surface area contributed by atoms with Crippen LogP contribution < -0.4 is 0 Å². The molecular formula is C19H32N2O6. The van der Waals surface area contributed by atoms with Crippen molar-refractivity contribution in [2.75, 3.05) is 40.0 Å². The van der Waals surface area contributed by atoms with Gasteiger partial charge in [-0.25, -0.2) is 4.79 Å². The number of amides is 1. The fourth-order valence-corrected chi connectivity index (χ4v) is 2.68. The van der Waals surface area contributed by atoms with Gasteiger partial charge in [0.1, 0.15) is 5.69 Å². The van der Waals surface area contributed by atoms with Crippen molar-refractivity contribution in [2.45, 2.75) is 46.8 Å². The van der Waals surface area contributed by atoms with Crippen molar-refractivity contribution in [2.24, 2.45) is 0 Å². The number of carbonyl (C=O) groups is 2. The number of H-pyrrole nitrogens is 1. The zero-order valence-electron chi connectivity index (χ0n) is 17.1. The van der Waals surface area contributed by atoms with E-state index in [0.717, 1.165) is 0 Å². The van der Waals surface area contributed by atoms with Crippen molar-refractivity contribution in [1.29, 1.82) is 0 Å². The van der Waals surface area contributed by atoms with Gasteiger partial charge in [0.05, 0.1) is 44.2 Å². The number of aliphatic hydroxyl groups is 1. The summed E-state index contributed by atoms with van der Waals surface area (Å²) in [6.45, 7) is 10.3. The molecule has 0 saturated carbocycles. The number of aryl methyl sites for hydroxylation is 1. The molecule has 154 valence electrons. The first kappa shape index (κ1) is 23.1. The lowest BCUT2D eigenvalue weighted by atomic mass is 10.1. The molecular weight excluding hydrogens is 352 g/mol. The number of nitrogens with one attached hydrogen (secondary N) is 1. The van der Waals surface area contributed by atoms with Crippen LogP contribution in [0, 0.1) is 13.8 Å². The van der Waals surface area contributed by atoms with Crippen LogP contribution in [0.5, 0.6) is 0 Å². The molecule has 2 N–H and O–H groups in total. The Morgan fingerprint density at radius 3 is 2.48 bits per heavy atom. The molecule has 0 radical (unpaired) electrons. The molecule has 0 bridgehead atoms. The molecule has 8 nitrogen and oxygen atoms in total. The second kappa shape index (κ2) is 11.1. The van der Waals surface area contributed by atoms with E-state index in [0.29, 0.717) is 35.7 Å². The summed E-state index contributed by atoms with van der Waals surface area (Å²) in [4.78, 5) is 29.1. The van der Waals surface area contributed by atoms with Crippen LogP contribution in [0.3, 0.4) is 0 Å². The summed E-state index contributed by atoms with van der Waals surface area (Å²) in [5, 5.41) is 10.1. The van der Waals surface area contributed by atoms with Crippen LogP contribution in [-0.4, -0.2) is 79.1 Å². The summed E-state index contributed by atoms with van der Waals surface area (Å²) in [6.07, 6.45) is -0.687. The Kier molecular flexibility index (Phi) is 9.48. The number of ether oxygens (including phenoxy) is 3. The number of aromatic amines is 1. The molecule has 1 aromatic heterocycles. The maximum atomic E-state index is 12.7. The molecule has 0 aliphatic rings. The van der Waals surface area contributed by atoms with Gasteiger partial charge in [-0.3, -0.25) is 4.79 Å². The fraction of sp³-hybridized carbons (Fsp3) is 0.684. The summed E-state index contributed by atoms with van der Waals surface area (Å²) in [5.41, 5.74) is 1.82. The van der Waals surface area contributed by atoms with E-state index < -0.39 is 12.1 Å². The van der Waals surface area contributed by atoms with Crippen molar-refractivity contribution < 1.29 is 28.9 Å². The van der Waals surface area contributed by atoms with E-state index in [-0.39, 0.29) is 31.8 Å². The van der Waals surface area contributed by atoms with E-state index in [9.17, 15) is 14.7 Å². The summed E-state index contributed by atoms with van der Waals surface area (Å²) in [7, 11) is 1.59. The average Bonchev–Trinajstić information content (AvgIpc) is 2.88. The highest BCUT2D eigenvalue weighted by Gasteiger charge is 2.25. The maximum absolute atomic E-state index is 12.7. The van der Waals surface area contributed by atoms with Crippen LogP contribution in [0.1, 0.15) is 52.9 Å². The summed E-state index contributed by atoms with van der Waals surface area (Å²) in [5.74, 6) is -0.768. The van der Waals surface area contributed by atoms with Crippen LogP contribution in [0.2, 0.25) is 0 Å². The molecule has 0 aliphatic heterocycles. The first-order chi connectivity index (χ1) is 12.7. The van der Waals surface area contributed by atoms with Gasteiger partial charge < -0.3 is 29.2 Å². The monoisotopic (exact) mass is 384 g/mol. The topological polar surface area (TPSA) is 101 Å². The maximum Gasteiger partial charge on any atom is 0.340 e. The van der Waals surface area contributed by atoms with E-state index in [4.69, 9.17) is 14.2 Å². The number of rotatable bonds is 11. The van der Waals surface area contributed by atoms with Crippen molar-refractivity contribution in [3.63, 3.8) is 0 Å². The number of esters is 1. The number of carbonyl (C=O) groups excluding carboxylic acids is 2. The normalized spacial score (nSPS) is 12.3. The number of hydrogen-bond acceptors (Lipinski definition) is 6. The molecule has 1 rings (SSSR count). The molecule has 0 spiro atoms. The van der Waals surface area contributed by atoms with Crippen LogP contribution in [0.25, 0.3) is 0 Å². The van der Waals surface area contributed by atoms with Crippen molar-refractivity contribution >= 4 is 11.9 Å². The Morgan fingerprint density at radius 1 is 1.22 bits per heavy atom. The van der Waals surface area contributed by atoms with Gasteiger partial charge in [0.25, 0.3) is 5.91 Å². The number of likely N-dealkylation sites (N-methyl/N-ethyl adjacent to an activating group) is 1. The van der Waals surface area contributed by atoms with Gasteiger partial charge in [0, 0.05) is 19.3 Å². The van der Waals surface area contributed by atoms with Gasteiger partial charge in [-0.1, -0.05) is 0 Å². The minimum absolute atomic E-state index is 0.107. The summed E-state index contributed by atoms with van der Waals surface area (Å²) in [6, 6.07) is 0.